The first kappa shape index (κ1) is 19.7. The third-order valence-electron chi connectivity index (χ3n) is 6.09. The fraction of sp³-hybridized carbons (Fsp3) is 0.400. The second-order valence-corrected chi connectivity index (χ2v) is 8.03. The van der Waals surface area contributed by atoms with Crippen molar-refractivity contribution >= 4 is 11.5 Å². The van der Waals surface area contributed by atoms with Gasteiger partial charge in [0, 0.05) is 37.1 Å². The van der Waals surface area contributed by atoms with Gasteiger partial charge in [-0.15, -0.1) is 0 Å². The summed E-state index contributed by atoms with van der Waals surface area (Å²) in [6.07, 6.45) is 4.24. The number of carbonyl (C=O) groups excluding carboxylic acids is 1. The van der Waals surface area contributed by atoms with E-state index >= 15 is 0 Å². The quantitative estimate of drug-likeness (QED) is 0.840. The molecule has 4 nitrogen and oxygen atoms in total. The number of fused-ring (bicyclic) bond motifs is 1. The standard InChI is InChI=1S/C25H30N2O2/c1-4-27(5-2)24(28)20-9-7-19(8-10-20)22-17-25(12-14-26-15-13-25)29-23-11-6-18(3)16-21(22)23/h6-11,16-17,26H,4-5,12-15H2,1-3H3. The number of carbonyl (C=O) groups is 1. The molecule has 1 amide bonds. The lowest BCUT2D eigenvalue weighted by atomic mass is 9.83. The van der Waals surface area contributed by atoms with Gasteiger partial charge in [0.05, 0.1) is 0 Å². The zero-order valence-corrected chi connectivity index (χ0v) is 17.6. The summed E-state index contributed by atoms with van der Waals surface area (Å²) < 4.78 is 6.51. The summed E-state index contributed by atoms with van der Waals surface area (Å²) in [5.74, 6) is 1.05. The monoisotopic (exact) mass is 390 g/mol. The van der Waals surface area contributed by atoms with E-state index in [1.807, 2.05) is 30.9 Å². The van der Waals surface area contributed by atoms with Gasteiger partial charge in [0.2, 0.25) is 0 Å². The van der Waals surface area contributed by atoms with E-state index in [2.05, 4.69) is 48.6 Å². The summed E-state index contributed by atoms with van der Waals surface area (Å²) >= 11 is 0. The molecule has 2 aromatic rings. The topological polar surface area (TPSA) is 41.6 Å². The van der Waals surface area contributed by atoms with Crippen LogP contribution < -0.4 is 10.1 Å². The minimum atomic E-state index is -0.251. The summed E-state index contributed by atoms with van der Waals surface area (Å²) in [5, 5.41) is 3.43. The molecule has 1 fully saturated rings. The van der Waals surface area contributed by atoms with E-state index < -0.39 is 0 Å². The number of hydrogen-bond acceptors (Lipinski definition) is 3. The molecule has 2 aromatic carbocycles. The third-order valence-corrected chi connectivity index (χ3v) is 6.09. The van der Waals surface area contributed by atoms with Crippen molar-refractivity contribution in [2.24, 2.45) is 0 Å². The van der Waals surface area contributed by atoms with Gasteiger partial charge in [0.25, 0.3) is 5.91 Å². The number of nitrogens with one attached hydrogen (secondary N) is 1. The van der Waals surface area contributed by atoms with E-state index in [1.54, 1.807) is 0 Å². The second-order valence-electron chi connectivity index (χ2n) is 8.03. The van der Waals surface area contributed by atoms with Crippen LogP contribution in [0.5, 0.6) is 5.75 Å². The van der Waals surface area contributed by atoms with Crippen LogP contribution in [0.25, 0.3) is 5.57 Å². The van der Waals surface area contributed by atoms with Crippen molar-refractivity contribution in [2.45, 2.75) is 39.2 Å². The summed E-state index contributed by atoms with van der Waals surface area (Å²) in [6, 6.07) is 14.5. The average Bonchev–Trinajstić information content (AvgIpc) is 2.75. The Kier molecular flexibility index (Phi) is 5.46. The largest absolute Gasteiger partial charge is 0.482 e. The number of hydrogen-bond donors (Lipinski definition) is 1. The smallest absolute Gasteiger partial charge is 0.253 e. The highest BCUT2D eigenvalue weighted by atomic mass is 16.5. The molecule has 1 saturated heterocycles. The molecule has 1 N–H and O–H groups in total. The molecule has 0 bridgehead atoms. The molecule has 1 spiro atoms. The first-order valence-electron chi connectivity index (χ1n) is 10.7. The second kappa shape index (κ2) is 8.03. The molecule has 152 valence electrons. The van der Waals surface area contributed by atoms with Crippen molar-refractivity contribution in [3.63, 3.8) is 0 Å². The van der Waals surface area contributed by atoms with E-state index in [-0.39, 0.29) is 11.5 Å². The van der Waals surface area contributed by atoms with Crippen LogP contribution >= 0.6 is 0 Å². The molecule has 0 atom stereocenters. The van der Waals surface area contributed by atoms with Crippen LogP contribution in [0.3, 0.4) is 0 Å². The van der Waals surface area contributed by atoms with Gasteiger partial charge >= 0.3 is 0 Å². The fourth-order valence-electron chi connectivity index (χ4n) is 4.35. The highest BCUT2D eigenvalue weighted by molar-refractivity contribution is 5.95. The van der Waals surface area contributed by atoms with Gasteiger partial charge in [-0.2, -0.15) is 0 Å². The zero-order chi connectivity index (χ0) is 20.4. The number of piperidine rings is 1. The molecule has 0 saturated carbocycles. The molecular weight excluding hydrogens is 360 g/mol. The Labute approximate surface area is 173 Å². The normalized spacial score (nSPS) is 17.3. The van der Waals surface area contributed by atoms with Crippen molar-refractivity contribution in [2.75, 3.05) is 26.2 Å². The zero-order valence-electron chi connectivity index (χ0n) is 17.6. The summed E-state index contributed by atoms with van der Waals surface area (Å²) in [5.41, 5.74) is 5.18. The SMILES string of the molecule is CCN(CC)C(=O)c1ccc(C2=CC3(CCNCC3)Oc3ccc(C)cc32)cc1. The highest BCUT2D eigenvalue weighted by Gasteiger charge is 2.37. The van der Waals surface area contributed by atoms with E-state index in [0.717, 1.165) is 61.5 Å². The molecule has 0 unspecified atom stereocenters. The molecule has 0 radical (unpaired) electrons. The number of nitrogens with zero attached hydrogens (tertiary/aromatic N) is 1. The van der Waals surface area contributed by atoms with Gasteiger partial charge in [-0.25, -0.2) is 0 Å². The molecular formula is C25H30N2O2. The Hall–Kier alpha value is -2.59. The van der Waals surface area contributed by atoms with Crippen molar-refractivity contribution in [1.29, 1.82) is 0 Å². The van der Waals surface area contributed by atoms with Gasteiger partial charge in [0.1, 0.15) is 11.4 Å². The fourth-order valence-corrected chi connectivity index (χ4v) is 4.35. The van der Waals surface area contributed by atoms with Crippen molar-refractivity contribution in [1.82, 2.24) is 10.2 Å². The van der Waals surface area contributed by atoms with Gasteiger partial charge in [-0.05, 0) is 75.3 Å². The lowest BCUT2D eigenvalue weighted by Gasteiger charge is -2.40. The van der Waals surface area contributed by atoms with E-state index in [9.17, 15) is 4.79 Å². The Bertz CT molecular complexity index is 920. The molecule has 4 rings (SSSR count). The maximum Gasteiger partial charge on any atom is 0.253 e. The number of rotatable bonds is 4. The van der Waals surface area contributed by atoms with Gasteiger partial charge in [-0.3, -0.25) is 4.79 Å². The van der Waals surface area contributed by atoms with E-state index in [4.69, 9.17) is 4.74 Å². The first-order chi connectivity index (χ1) is 14.0. The lowest BCUT2D eigenvalue weighted by molar-refractivity contribution is 0.0772. The number of amides is 1. The van der Waals surface area contributed by atoms with E-state index in [0.29, 0.717) is 0 Å². The van der Waals surface area contributed by atoms with Crippen molar-refractivity contribution in [3.8, 4) is 5.75 Å². The molecule has 2 heterocycles. The predicted octanol–water partition coefficient (Wildman–Crippen LogP) is 4.42. The maximum atomic E-state index is 12.7. The minimum absolute atomic E-state index is 0.0913. The number of ether oxygens (including phenoxy) is 1. The third kappa shape index (κ3) is 3.82. The molecule has 2 aliphatic rings. The van der Waals surface area contributed by atoms with Crippen LogP contribution in [0.15, 0.2) is 48.5 Å². The highest BCUT2D eigenvalue weighted by Crippen LogP contribution is 2.43. The van der Waals surface area contributed by atoms with Crippen molar-refractivity contribution in [3.05, 3.63) is 70.8 Å². The van der Waals surface area contributed by atoms with Crippen LogP contribution in [-0.4, -0.2) is 42.6 Å². The van der Waals surface area contributed by atoms with E-state index in [1.165, 1.54) is 11.1 Å². The molecule has 4 heteroatoms. The van der Waals surface area contributed by atoms with Crippen LogP contribution in [0.4, 0.5) is 0 Å². The van der Waals surface area contributed by atoms with Gasteiger partial charge in [0.15, 0.2) is 0 Å². The van der Waals surface area contributed by atoms with Gasteiger partial charge < -0.3 is 15.0 Å². The Morgan fingerprint density at radius 3 is 2.41 bits per heavy atom. The molecule has 0 aliphatic carbocycles. The van der Waals surface area contributed by atoms with Crippen LogP contribution in [0, 0.1) is 6.92 Å². The number of benzene rings is 2. The average molecular weight is 391 g/mol. The van der Waals surface area contributed by atoms with Crippen molar-refractivity contribution < 1.29 is 9.53 Å². The van der Waals surface area contributed by atoms with Crippen LogP contribution in [0.2, 0.25) is 0 Å². The maximum absolute atomic E-state index is 12.7. The summed E-state index contributed by atoms with van der Waals surface area (Å²) in [6.45, 7) is 9.51. The van der Waals surface area contributed by atoms with Crippen LogP contribution in [0.1, 0.15) is 53.7 Å². The summed E-state index contributed by atoms with van der Waals surface area (Å²) in [7, 11) is 0. The van der Waals surface area contributed by atoms with Crippen LogP contribution in [-0.2, 0) is 0 Å². The number of aryl methyl sites for hydroxylation is 1. The Morgan fingerprint density at radius 2 is 1.76 bits per heavy atom. The lowest BCUT2D eigenvalue weighted by Crippen LogP contribution is -2.46. The van der Waals surface area contributed by atoms with Gasteiger partial charge in [-0.1, -0.05) is 23.8 Å². The molecule has 29 heavy (non-hydrogen) atoms. The first-order valence-corrected chi connectivity index (χ1v) is 10.7. The Morgan fingerprint density at radius 1 is 1.07 bits per heavy atom. The summed E-state index contributed by atoms with van der Waals surface area (Å²) in [4.78, 5) is 14.5. The minimum Gasteiger partial charge on any atom is -0.482 e. The molecule has 0 aromatic heterocycles. The molecule has 2 aliphatic heterocycles. The Balaban J connectivity index is 1.73. The predicted molar refractivity (Wildman–Crippen MR) is 117 cm³/mol.